The number of nitrogens with two attached hydrogens (primary N) is 1. The monoisotopic (exact) mass is 528 g/mol. The van der Waals surface area contributed by atoms with E-state index in [1.165, 1.54) is 12.1 Å². The van der Waals surface area contributed by atoms with Crippen molar-refractivity contribution in [3.63, 3.8) is 0 Å². The fourth-order valence-corrected chi connectivity index (χ4v) is 6.41. The smallest absolute Gasteiger partial charge is 0.387 e. The lowest BCUT2D eigenvalue weighted by molar-refractivity contribution is -0.0506. The Bertz CT molecular complexity index is 1710. The molecule has 2 unspecified atom stereocenters. The number of hydrogen-bond acceptors (Lipinski definition) is 8. The number of rotatable bonds is 4. The summed E-state index contributed by atoms with van der Waals surface area (Å²) in [4.78, 5) is 31.1. The maximum Gasteiger partial charge on any atom is 0.387 e. The summed E-state index contributed by atoms with van der Waals surface area (Å²) in [7, 11) is 0. The predicted octanol–water partition coefficient (Wildman–Crippen LogP) is 3.59. The highest BCUT2D eigenvalue weighted by Gasteiger charge is 2.52. The average Bonchev–Trinajstić information content (AvgIpc) is 3.39. The lowest BCUT2D eigenvalue weighted by Gasteiger charge is -2.47. The van der Waals surface area contributed by atoms with Crippen molar-refractivity contribution in [2.75, 3.05) is 0 Å². The van der Waals surface area contributed by atoms with Gasteiger partial charge in [-0.1, -0.05) is 6.07 Å². The van der Waals surface area contributed by atoms with E-state index < -0.39 is 23.5 Å². The van der Waals surface area contributed by atoms with Crippen molar-refractivity contribution >= 4 is 11.7 Å². The zero-order valence-electron chi connectivity index (χ0n) is 20.7. The number of halogens is 2. The Labute approximate surface area is 220 Å². The van der Waals surface area contributed by atoms with E-state index in [-0.39, 0.29) is 17.7 Å². The number of nitriles is 1. The number of nitrogens with one attached hydrogen (secondary N) is 1. The van der Waals surface area contributed by atoms with Crippen molar-refractivity contribution in [3.8, 4) is 22.9 Å². The Morgan fingerprint density at radius 2 is 1.95 bits per heavy atom. The molecule has 2 aliphatic carbocycles. The van der Waals surface area contributed by atoms with Crippen LogP contribution < -0.4 is 15.8 Å². The highest BCUT2D eigenvalue weighted by Crippen LogP contribution is 2.51. The third-order valence-electron chi connectivity index (χ3n) is 7.97. The number of fused-ring (bicyclic) bond motifs is 9. The van der Waals surface area contributed by atoms with Gasteiger partial charge in [0, 0.05) is 53.0 Å². The largest absolute Gasteiger partial charge is 0.434 e. The number of alkyl halides is 2. The number of aromatic nitrogens is 5. The van der Waals surface area contributed by atoms with Crippen molar-refractivity contribution in [1.82, 2.24) is 29.7 Å². The summed E-state index contributed by atoms with van der Waals surface area (Å²) in [5, 5.41) is 12.3. The van der Waals surface area contributed by atoms with Gasteiger partial charge in [-0.05, 0) is 38.3 Å². The Morgan fingerprint density at radius 3 is 2.67 bits per heavy atom. The fraction of sp³-hybridized carbons (Fsp3) is 0.333. The molecule has 196 valence electrons. The van der Waals surface area contributed by atoms with Gasteiger partial charge in [-0.25, -0.2) is 19.9 Å². The molecule has 1 fully saturated rings. The van der Waals surface area contributed by atoms with Gasteiger partial charge in [0.1, 0.15) is 11.6 Å². The molecule has 10 nitrogen and oxygen atoms in total. The Kier molecular flexibility index (Phi) is 4.84. The molecule has 3 aromatic heterocycles. The lowest BCUT2D eigenvalue weighted by atomic mass is 9.59. The summed E-state index contributed by atoms with van der Waals surface area (Å²) < 4.78 is 33.2. The molecule has 1 aliphatic heterocycles. The Balaban J connectivity index is 1.29. The maximum atomic E-state index is 13.3. The molecule has 1 saturated carbocycles. The summed E-state index contributed by atoms with van der Waals surface area (Å²) >= 11 is 0. The van der Waals surface area contributed by atoms with E-state index in [0.717, 1.165) is 11.3 Å². The van der Waals surface area contributed by atoms with Crippen molar-refractivity contribution < 1.29 is 18.3 Å². The predicted molar refractivity (Wildman–Crippen MR) is 133 cm³/mol. The van der Waals surface area contributed by atoms with Crippen LogP contribution in [0, 0.1) is 16.7 Å². The zero-order valence-corrected chi connectivity index (χ0v) is 20.7. The van der Waals surface area contributed by atoms with Crippen LogP contribution in [0.1, 0.15) is 71.3 Å². The Hall–Kier alpha value is -4.50. The standard InChI is InChI=1S/C27H22F2N8O2/c1-26(12-30)10-27(31,11-26)23-32-6-13(7-33-23)14-8-34-25-36-20-17-5-16(21(20)37(25)9-14)19-15(22(38)35-17)3-2-4-18(19)39-24(28)29/h2-4,6-9,16-17,24H,5,10-11,31H2,1H3,(H,35,38). The van der Waals surface area contributed by atoms with Gasteiger partial charge in [0.2, 0.25) is 5.78 Å². The summed E-state index contributed by atoms with van der Waals surface area (Å²) in [5.74, 6) is 0.112. The SMILES string of the molecule is CC1(C#N)CC(N)(c2ncc(-c3cnc4nc5c(n4c3)C3CC5NC(=O)c4cccc(OC(F)F)c43)cn2)C1. The molecule has 7 rings (SSSR count). The summed E-state index contributed by atoms with van der Waals surface area (Å²) in [6, 6.07) is 6.50. The van der Waals surface area contributed by atoms with Gasteiger partial charge in [-0.2, -0.15) is 14.0 Å². The van der Waals surface area contributed by atoms with Crippen LogP contribution in [-0.2, 0) is 5.54 Å². The van der Waals surface area contributed by atoms with Crippen molar-refractivity contribution in [2.45, 2.75) is 50.3 Å². The van der Waals surface area contributed by atoms with Crippen LogP contribution >= 0.6 is 0 Å². The number of imidazole rings is 1. The quantitative estimate of drug-likeness (QED) is 0.409. The third kappa shape index (κ3) is 3.50. The van der Waals surface area contributed by atoms with Crippen LogP contribution in [-0.4, -0.2) is 36.9 Å². The minimum absolute atomic E-state index is 0.0293. The van der Waals surface area contributed by atoms with Gasteiger partial charge in [0.25, 0.3) is 5.91 Å². The van der Waals surface area contributed by atoms with E-state index >= 15 is 0 Å². The van der Waals surface area contributed by atoms with Crippen LogP contribution in [0.4, 0.5) is 8.78 Å². The number of carbonyl (C=O) groups is 1. The van der Waals surface area contributed by atoms with Gasteiger partial charge in [0.05, 0.1) is 34.5 Å². The van der Waals surface area contributed by atoms with Crippen molar-refractivity contribution in [3.05, 3.63) is 71.3 Å². The normalized spacial score (nSPS) is 26.8. The first kappa shape index (κ1) is 23.6. The van der Waals surface area contributed by atoms with Crippen LogP contribution in [0.5, 0.6) is 5.75 Å². The molecular weight excluding hydrogens is 506 g/mol. The van der Waals surface area contributed by atoms with Crippen LogP contribution in [0.3, 0.4) is 0 Å². The average molecular weight is 529 g/mol. The van der Waals surface area contributed by atoms with E-state index in [9.17, 15) is 18.8 Å². The molecule has 4 aromatic rings. The molecule has 3 aliphatic rings. The van der Waals surface area contributed by atoms with Gasteiger partial charge in [-0.15, -0.1) is 0 Å². The topological polar surface area (TPSA) is 144 Å². The molecule has 3 N–H and O–H groups in total. The first-order chi connectivity index (χ1) is 18.7. The van der Waals surface area contributed by atoms with E-state index in [2.05, 4.69) is 31.3 Å². The van der Waals surface area contributed by atoms with Crippen LogP contribution in [0.15, 0.2) is 43.0 Å². The second-order valence-corrected chi connectivity index (χ2v) is 10.8. The minimum Gasteiger partial charge on any atom is -0.434 e. The van der Waals surface area contributed by atoms with Crippen molar-refractivity contribution in [2.24, 2.45) is 11.1 Å². The molecule has 1 amide bonds. The molecule has 4 heterocycles. The summed E-state index contributed by atoms with van der Waals surface area (Å²) in [6.07, 6.45) is 8.30. The third-order valence-corrected chi connectivity index (χ3v) is 7.97. The van der Waals surface area contributed by atoms with E-state index in [0.29, 0.717) is 53.2 Å². The number of amides is 1. The van der Waals surface area contributed by atoms with E-state index in [4.69, 9.17) is 10.5 Å². The molecule has 0 saturated heterocycles. The minimum atomic E-state index is -3.03. The maximum absolute atomic E-state index is 13.3. The molecule has 0 radical (unpaired) electrons. The first-order valence-corrected chi connectivity index (χ1v) is 12.5. The zero-order chi connectivity index (χ0) is 27.1. The second-order valence-electron chi connectivity index (χ2n) is 10.8. The summed E-state index contributed by atoms with van der Waals surface area (Å²) in [5.41, 5.74) is 8.80. The number of hydrogen-bond donors (Lipinski definition) is 2. The molecule has 1 aromatic carbocycles. The lowest BCUT2D eigenvalue weighted by Crippen LogP contribution is -2.54. The van der Waals surface area contributed by atoms with Crippen LogP contribution in [0.2, 0.25) is 0 Å². The molecular formula is C27H22F2N8O2. The molecule has 39 heavy (non-hydrogen) atoms. The fourth-order valence-electron chi connectivity index (χ4n) is 6.41. The number of carbonyl (C=O) groups excluding carboxylic acids is 1. The second kappa shape index (κ2) is 8.00. The highest BCUT2D eigenvalue weighted by atomic mass is 19.3. The number of benzene rings is 1. The van der Waals surface area contributed by atoms with E-state index in [1.54, 1.807) is 24.7 Å². The molecule has 0 spiro atoms. The van der Waals surface area contributed by atoms with Crippen LogP contribution in [0.25, 0.3) is 16.9 Å². The molecule has 2 atom stereocenters. The molecule has 2 bridgehead atoms. The Morgan fingerprint density at radius 1 is 1.21 bits per heavy atom. The van der Waals surface area contributed by atoms with E-state index in [1.807, 2.05) is 17.5 Å². The molecule has 12 heteroatoms. The number of ether oxygens (including phenoxy) is 1. The van der Waals surface area contributed by atoms with Gasteiger partial charge in [0.15, 0.2) is 0 Å². The summed E-state index contributed by atoms with van der Waals surface area (Å²) in [6.45, 7) is -1.15. The first-order valence-electron chi connectivity index (χ1n) is 12.5. The van der Waals surface area contributed by atoms with Crippen molar-refractivity contribution in [1.29, 1.82) is 5.26 Å². The highest BCUT2D eigenvalue weighted by molar-refractivity contribution is 5.98. The van der Waals surface area contributed by atoms with Gasteiger partial charge in [-0.3, -0.25) is 9.20 Å². The van der Waals surface area contributed by atoms with Gasteiger partial charge < -0.3 is 15.8 Å². The number of nitrogens with zero attached hydrogens (tertiary/aromatic N) is 6. The van der Waals surface area contributed by atoms with Gasteiger partial charge >= 0.3 is 6.61 Å².